The summed E-state index contributed by atoms with van der Waals surface area (Å²) in [5.41, 5.74) is 0.123. The SMILES string of the molecule is CC(C)C(NC(=O)c1ccccn1)c1nnc2n1CCN(C(=O)c1cc3ccccc3oc1=O)CC2. The van der Waals surface area contributed by atoms with Gasteiger partial charge in [-0.2, -0.15) is 0 Å². The van der Waals surface area contributed by atoms with Gasteiger partial charge in [0.15, 0.2) is 5.82 Å². The first-order chi connectivity index (χ1) is 17.4. The third kappa shape index (κ3) is 4.49. The van der Waals surface area contributed by atoms with E-state index in [-0.39, 0.29) is 23.3 Å². The lowest BCUT2D eigenvalue weighted by Crippen LogP contribution is -2.37. The van der Waals surface area contributed by atoms with Gasteiger partial charge >= 0.3 is 5.63 Å². The molecule has 0 fully saturated rings. The van der Waals surface area contributed by atoms with E-state index in [1.807, 2.05) is 24.5 Å². The number of hydrogen-bond donors (Lipinski definition) is 1. The fourth-order valence-corrected chi connectivity index (χ4v) is 4.40. The maximum absolute atomic E-state index is 13.3. The lowest BCUT2D eigenvalue weighted by Gasteiger charge is -2.23. The number of carbonyl (C=O) groups is 2. The first-order valence-corrected chi connectivity index (χ1v) is 11.9. The summed E-state index contributed by atoms with van der Waals surface area (Å²) in [5, 5.41) is 12.5. The highest BCUT2D eigenvalue weighted by atomic mass is 16.4. The molecular weight excluding hydrogens is 460 g/mol. The Hall–Kier alpha value is -4.34. The maximum atomic E-state index is 13.3. The highest BCUT2D eigenvalue weighted by molar-refractivity contribution is 5.96. The van der Waals surface area contributed by atoms with Crippen molar-refractivity contribution in [1.29, 1.82) is 0 Å². The van der Waals surface area contributed by atoms with Crippen LogP contribution in [0.4, 0.5) is 0 Å². The van der Waals surface area contributed by atoms with Crippen molar-refractivity contribution >= 4 is 22.8 Å². The standard InChI is InChI=1S/C26H26N6O4/c1-16(2)22(28-24(33)19-8-5-6-11-27-19)23-30-29-21-10-12-31(13-14-32(21)23)25(34)18-15-17-7-3-4-9-20(17)36-26(18)35/h3-9,11,15-16,22H,10,12-14H2,1-2H3,(H,28,33). The van der Waals surface area contributed by atoms with E-state index in [0.29, 0.717) is 48.5 Å². The minimum atomic E-state index is -0.653. The highest BCUT2D eigenvalue weighted by Gasteiger charge is 2.30. The van der Waals surface area contributed by atoms with Crippen LogP contribution in [0.3, 0.4) is 0 Å². The zero-order valence-corrected chi connectivity index (χ0v) is 20.0. The summed E-state index contributed by atoms with van der Waals surface area (Å²) in [4.78, 5) is 44.4. The molecule has 5 rings (SSSR count). The number of fused-ring (bicyclic) bond motifs is 2. The Morgan fingerprint density at radius 2 is 1.83 bits per heavy atom. The van der Waals surface area contributed by atoms with Gasteiger partial charge in [-0.3, -0.25) is 14.6 Å². The Labute approximate surface area is 207 Å². The van der Waals surface area contributed by atoms with E-state index in [1.165, 1.54) is 0 Å². The van der Waals surface area contributed by atoms with Crippen LogP contribution in [0.15, 0.2) is 63.9 Å². The molecule has 1 atom stereocenters. The molecule has 2 amide bonds. The molecule has 0 spiro atoms. The molecule has 0 saturated carbocycles. The Balaban J connectivity index is 1.36. The van der Waals surface area contributed by atoms with Crippen LogP contribution < -0.4 is 10.9 Å². The Bertz CT molecular complexity index is 1480. The van der Waals surface area contributed by atoms with E-state index in [9.17, 15) is 14.4 Å². The van der Waals surface area contributed by atoms with Gasteiger partial charge < -0.3 is 19.2 Å². The normalized spacial score (nSPS) is 14.4. The summed E-state index contributed by atoms with van der Waals surface area (Å²) in [6.45, 7) is 5.18. The zero-order valence-electron chi connectivity index (χ0n) is 20.0. The van der Waals surface area contributed by atoms with Gasteiger partial charge in [-0.1, -0.05) is 38.1 Å². The van der Waals surface area contributed by atoms with Gasteiger partial charge in [-0.15, -0.1) is 10.2 Å². The van der Waals surface area contributed by atoms with Crippen LogP contribution in [0, 0.1) is 5.92 Å². The van der Waals surface area contributed by atoms with Crippen molar-refractivity contribution < 1.29 is 14.0 Å². The summed E-state index contributed by atoms with van der Waals surface area (Å²) < 4.78 is 7.32. The van der Waals surface area contributed by atoms with Crippen molar-refractivity contribution in [2.45, 2.75) is 32.9 Å². The average molecular weight is 487 g/mol. The summed E-state index contributed by atoms with van der Waals surface area (Å²) >= 11 is 0. The molecule has 36 heavy (non-hydrogen) atoms. The van der Waals surface area contributed by atoms with Gasteiger partial charge in [-0.25, -0.2) is 4.79 Å². The fraction of sp³-hybridized carbons (Fsp3) is 0.308. The lowest BCUT2D eigenvalue weighted by molar-refractivity contribution is 0.0754. The summed E-state index contributed by atoms with van der Waals surface area (Å²) in [5.74, 6) is 0.722. The molecule has 4 aromatic rings. The quantitative estimate of drug-likeness (QED) is 0.430. The van der Waals surface area contributed by atoms with E-state index >= 15 is 0 Å². The highest BCUT2D eigenvalue weighted by Crippen LogP contribution is 2.23. The van der Waals surface area contributed by atoms with Crippen LogP contribution in [0.1, 0.15) is 52.4 Å². The second-order valence-corrected chi connectivity index (χ2v) is 9.06. The molecule has 1 aliphatic rings. The van der Waals surface area contributed by atoms with Crippen molar-refractivity contribution in [3.8, 4) is 0 Å². The van der Waals surface area contributed by atoms with Crippen LogP contribution in [0.2, 0.25) is 0 Å². The first kappa shape index (κ1) is 23.4. The van der Waals surface area contributed by atoms with Crippen molar-refractivity contribution in [3.63, 3.8) is 0 Å². The van der Waals surface area contributed by atoms with E-state index in [0.717, 1.165) is 5.82 Å². The van der Waals surface area contributed by atoms with Crippen molar-refractivity contribution in [3.05, 3.63) is 88.1 Å². The van der Waals surface area contributed by atoms with Crippen LogP contribution >= 0.6 is 0 Å². The zero-order chi connectivity index (χ0) is 25.2. The number of hydrogen-bond acceptors (Lipinski definition) is 7. The van der Waals surface area contributed by atoms with Crippen molar-refractivity contribution in [2.75, 3.05) is 13.1 Å². The summed E-state index contributed by atoms with van der Waals surface area (Å²) in [7, 11) is 0. The molecule has 10 heteroatoms. The van der Waals surface area contributed by atoms with Crippen LogP contribution in [-0.2, 0) is 13.0 Å². The minimum Gasteiger partial charge on any atom is -0.422 e. The van der Waals surface area contributed by atoms with Crippen LogP contribution in [-0.4, -0.2) is 49.6 Å². The maximum Gasteiger partial charge on any atom is 0.349 e. The number of rotatable bonds is 5. The van der Waals surface area contributed by atoms with Crippen molar-refractivity contribution in [1.82, 2.24) is 30.0 Å². The van der Waals surface area contributed by atoms with Crippen LogP contribution in [0.25, 0.3) is 11.0 Å². The minimum absolute atomic E-state index is 0.00858. The fourth-order valence-electron chi connectivity index (χ4n) is 4.40. The van der Waals surface area contributed by atoms with Gasteiger partial charge in [0.05, 0.1) is 6.04 Å². The number of nitrogens with zero attached hydrogens (tertiary/aromatic N) is 5. The Morgan fingerprint density at radius 1 is 1.03 bits per heavy atom. The molecule has 4 heterocycles. The summed E-state index contributed by atoms with van der Waals surface area (Å²) in [6, 6.07) is 13.5. The number of nitrogens with one attached hydrogen (secondary N) is 1. The third-order valence-corrected chi connectivity index (χ3v) is 6.34. The summed E-state index contributed by atoms with van der Waals surface area (Å²) in [6.07, 6.45) is 2.04. The number of amides is 2. The van der Waals surface area contributed by atoms with Gasteiger partial charge in [0.2, 0.25) is 0 Å². The molecule has 1 unspecified atom stereocenters. The monoisotopic (exact) mass is 486 g/mol. The second-order valence-electron chi connectivity index (χ2n) is 9.06. The molecule has 1 aliphatic heterocycles. The number of pyridine rings is 1. The largest absolute Gasteiger partial charge is 0.422 e. The van der Waals surface area contributed by atoms with Gasteiger partial charge in [-0.05, 0) is 30.2 Å². The molecule has 0 saturated heterocycles. The third-order valence-electron chi connectivity index (χ3n) is 6.34. The molecular formula is C26H26N6O4. The second kappa shape index (κ2) is 9.73. The Kier molecular flexibility index (Phi) is 6.32. The van der Waals surface area contributed by atoms with Gasteiger partial charge in [0.1, 0.15) is 22.7 Å². The van der Waals surface area contributed by atoms with Crippen molar-refractivity contribution in [2.24, 2.45) is 5.92 Å². The topological polar surface area (TPSA) is 123 Å². The van der Waals surface area contributed by atoms with E-state index in [4.69, 9.17) is 4.42 Å². The molecule has 3 aromatic heterocycles. The molecule has 0 radical (unpaired) electrons. The molecule has 1 aromatic carbocycles. The predicted octanol–water partition coefficient (Wildman–Crippen LogP) is 2.61. The van der Waals surface area contributed by atoms with E-state index in [2.05, 4.69) is 20.5 Å². The molecule has 1 N–H and O–H groups in total. The molecule has 0 bridgehead atoms. The number of benzene rings is 1. The molecule has 184 valence electrons. The number of carbonyl (C=O) groups excluding carboxylic acids is 2. The predicted molar refractivity (Wildman–Crippen MR) is 131 cm³/mol. The Morgan fingerprint density at radius 3 is 2.61 bits per heavy atom. The number of para-hydroxylation sites is 1. The molecule has 10 nitrogen and oxygen atoms in total. The number of aromatic nitrogens is 4. The van der Waals surface area contributed by atoms with Gasteiger partial charge in [0.25, 0.3) is 11.8 Å². The van der Waals surface area contributed by atoms with Crippen LogP contribution in [0.5, 0.6) is 0 Å². The smallest absolute Gasteiger partial charge is 0.349 e. The van der Waals surface area contributed by atoms with E-state index < -0.39 is 11.7 Å². The first-order valence-electron chi connectivity index (χ1n) is 11.9. The average Bonchev–Trinajstić information content (AvgIpc) is 3.16. The lowest BCUT2D eigenvalue weighted by atomic mass is 10.0. The van der Waals surface area contributed by atoms with E-state index in [1.54, 1.807) is 53.6 Å². The molecule has 0 aliphatic carbocycles. The van der Waals surface area contributed by atoms with Gasteiger partial charge in [0, 0.05) is 37.6 Å².